The fourth-order valence-corrected chi connectivity index (χ4v) is 1.48. The molecule has 0 saturated heterocycles. The zero-order chi connectivity index (χ0) is 12.8. The highest BCUT2D eigenvalue weighted by Gasteiger charge is 2.18. The molecular weight excluding hydrogens is 221 g/mol. The number of hydrogen-bond acceptors (Lipinski definition) is 2. The number of nitrogens with zero attached hydrogens (tertiary/aromatic N) is 1. The normalized spacial score (nSPS) is 9.71. The Morgan fingerprint density at radius 2 is 2.29 bits per heavy atom. The third-order valence-electron chi connectivity index (χ3n) is 2.25. The predicted octanol–water partition coefficient (Wildman–Crippen LogP) is 2.02. The number of halogens is 1. The Morgan fingerprint density at radius 1 is 1.59 bits per heavy atom. The van der Waals surface area contributed by atoms with Crippen molar-refractivity contribution in [3.8, 4) is 18.1 Å². The number of phenols is 1. The van der Waals surface area contributed by atoms with E-state index in [0.717, 1.165) is 24.6 Å². The van der Waals surface area contributed by atoms with Crippen LogP contribution in [0.1, 0.15) is 23.7 Å². The lowest BCUT2D eigenvalue weighted by atomic mass is 10.1. The second-order valence-electron chi connectivity index (χ2n) is 3.59. The largest absolute Gasteiger partial charge is 0.507 e. The summed E-state index contributed by atoms with van der Waals surface area (Å²) in [6.07, 6.45) is 5.90. The van der Waals surface area contributed by atoms with E-state index >= 15 is 0 Å². The van der Waals surface area contributed by atoms with Crippen LogP contribution < -0.4 is 0 Å². The molecular formula is C13H14FNO2. The average molecular weight is 235 g/mol. The molecule has 1 rings (SSSR count). The molecule has 0 aromatic heterocycles. The van der Waals surface area contributed by atoms with E-state index in [1.54, 1.807) is 0 Å². The SMILES string of the molecule is C#CCN(CCC)C(=O)c1cc(F)ccc1O. The Labute approximate surface area is 99.9 Å². The van der Waals surface area contributed by atoms with Gasteiger partial charge in [-0.05, 0) is 24.6 Å². The van der Waals surface area contributed by atoms with E-state index < -0.39 is 11.7 Å². The van der Waals surface area contributed by atoms with E-state index in [-0.39, 0.29) is 17.9 Å². The van der Waals surface area contributed by atoms with Gasteiger partial charge in [0.2, 0.25) is 0 Å². The zero-order valence-electron chi connectivity index (χ0n) is 9.61. The van der Waals surface area contributed by atoms with Gasteiger partial charge in [0.05, 0.1) is 12.1 Å². The highest BCUT2D eigenvalue weighted by atomic mass is 19.1. The third-order valence-corrected chi connectivity index (χ3v) is 2.25. The van der Waals surface area contributed by atoms with Crippen LogP contribution >= 0.6 is 0 Å². The fourth-order valence-electron chi connectivity index (χ4n) is 1.48. The number of carbonyl (C=O) groups excluding carboxylic acids is 1. The molecule has 0 saturated carbocycles. The van der Waals surface area contributed by atoms with Crippen molar-refractivity contribution < 1.29 is 14.3 Å². The first-order chi connectivity index (χ1) is 8.10. The topological polar surface area (TPSA) is 40.5 Å². The van der Waals surface area contributed by atoms with Gasteiger partial charge in [-0.2, -0.15) is 0 Å². The molecule has 0 fully saturated rings. The standard InChI is InChI=1S/C13H14FNO2/c1-3-7-15(8-4-2)13(17)11-9-10(14)5-6-12(11)16/h1,5-6,9,16H,4,7-8H2,2H3. The van der Waals surface area contributed by atoms with E-state index in [0.29, 0.717) is 6.54 Å². The minimum absolute atomic E-state index is 0.0614. The van der Waals surface area contributed by atoms with Crippen molar-refractivity contribution in [3.63, 3.8) is 0 Å². The molecule has 1 aromatic carbocycles. The minimum atomic E-state index is -0.566. The smallest absolute Gasteiger partial charge is 0.258 e. The summed E-state index contributed by atoms with van der Waals surface area (Å²) in [7, 11) is 0. The Bertz CT molecular complexity index is 451. The molecule has 0 atom stereocenters. The second kappa shape index (κ2) is 5.90. The maximum atomic E-state index is 13.0. The molecule has 1 N–H and O–H groups in total. The Kier molecular flexibility index (Phi) is 4.53. The lowest BCUT2D eigenvalue weighted by Crippen LogP contribution is -2.32. The average Bonchev–Trinajstić information content (AvgIpc) is 2.31. The van der Waals surface area contributed by atoms with E-state index in [1.165, 1.54) is 4.90 Å². The first kappa shape index (κ1) is 13.0. The summed E-state index contributed by atoms with van der Waals surface area (Å²) in [6.45, 7) is 2.52. The van der Waals surface area contributed by atoms with Crippen molar-refractivity contribution in [3.05, 3.63) is 29.6 Å². The van der Waals surface area contributed by atoms with Gasteiger partial charge in [-0.3, -0.25) is 4.79 Å². The first-order valence-corrected chi connectivity index (χ1v) is 5.31. The Balaban J connectivity index is 3.00. The summed E-state index contributed by atoms with van der Waals surface area (Å²) >= 11 is 0. The first-order valence-electron chi connectivity index (χ1n) is 5.31. The molecule has 0 unspecified atom stereocenters. The predicted molar refractivity (Wildman–Crippen MR) is 63.1 cm³/mol. The molecule has 0 aliphatic rings. The lowest BCUT2D eigenvalue weighted by Gasteiger charge is -2.19. The number of amides is 1. The van der Waals surface area contributed by atoms with Crippen molar-refractivity contribution in [2.24, 2.45) is 0 Å². The molecule has 90 valence electrons. The van der Waals surface area contributed by atoms with Crippen LogP contribution in [-0.2, 0) is 0 Å². The molecule has 0 bridgehead atoms. The number of terminal acetylenes is 1. The van der Waals surface area contributed by atoms with Crippen LogP contribution in [0, 0.1) is 18.2 Å². The number of carbonyl (C=O) groups is 1. The number of hydrogen-bond donors (Lipinski definition) is 1. The highest BCUT2D eigenvalue weighted by Crippen LogP contribution is 2.19. The molecule has 0 aliphatic heterocycles. The molecule has 0 spiro atoms. The van der Waals surface area contributed by atoms with Gasteiger partial charge in [0.25, 0.3) is 5.91 Å². The molecule has 0 aliphatic carbocycles. The molecule has 0 heterocycles. The Hall–Kier alpha value is -2.02. The molecule has 0 radical (unpaired) electrons. The van der Waals surface area contributed by atoms with Crippen LogP contribution in [0.15, 0.2) is 18.2 Å². The van der Waals surface area contributed by atoms with Crippen molar-refractivity contribution in [1.29, 1.82) is 0 Å². The highest BCUT2D eigenvalue weighted by molar-refractivity contribution is 5.97. The number of benzene rings is 1. The zero-order valence-corrected chi connectivity index (χ0v) is 9.61. The van der Waals surface area contributed by atoms with Crippen LogP contribution in [0.3, 0.4) is 0 Å². The van der Waals surface area contributed by atoms with Crippen LogP contribution in [0.2, 0.25) is 0 Å². The Morgan fingerprint density at radius 3 is 2.88 bits per heavy atom. The maximum absolute atomic E-state index is 13.0. The second-order valence-corrected chi connectivity index (χ2v) is 3.59. The van der Waals surface area contributed by atoms with Gasteiger partial charge in [0, 0.05) is 6.54 Å². The van der Waals surface area contributed by atoms with Gasteiger partial charge < -0.3 is 10.0 Å². The summed E-state index contributed by atoms with van der Waals surface area (Å²) in [5.74, 6) is 1.10. The minimum Gasteiger partial charge on any atom is -0.507 e. The van der Waals surface area contributed by atoms with Gasteiger partial charge in [-0.25, -0.2) is 4.39 Å². The summed E-state index contributed by atoms with van der Waals surface area (Å²) in [6, 6.07) is 3.26. The van der Waals surface area contributed by atoms with Crippen LogP contribution in [0.4, 0.5) is 4.39 Å². The van der Waals surface area contributed by atoms with E-state index in [2.05, 4.69) is 5.92 Å². The van der Waals surface area contributed by atoms with Gasteiger partial charge >= 0.3 is 0 Å². The molecule has 4 heteroatoms. The summed E-state index contributed by atoms with van der Waals surface area (Å²) in [5.41, 5.74) is -0.0614. The molecule has 3 nitrogen and oxygen atoms in total. The van der Waals surface area contributed by atoms with E-state index in [4.69, 9.17) is 6.42 Å². The maximum Gasteiger partial charge on any atom is 0.258 e. The number of phenolic OH excluding ortho intramolecular Hbond substituents is 1. The van der Waals surface area contributed by atoms with E-state index in [9.17, 15) is 14.3 Å². The van der Waals surface area contributed by atoms with Gasteiger partial charge in [0.1, 0.15) is 11.6 Å². The third kappa shape index (κ3) is 3.22. The van der Waals surface area contributed by atoms with Crippen molar-refractivity contribution in [2.45, 2.75) is 13.3 Å². The van der Waals surface area contributed by atoms with E-state index in [1.807, 2.05) is 6.92 Å². The van der Waals surface area contributed by atoms with Crippen LogP contribution in [-0.4, -0.2) is 29.0 Å². The van der Waals surface area contributed by atoms with Gasteiger partial charge in [-0.15, -0.1) is 6.42 Å². The summed E-state index contributed by atoms with van der Waals surface area (Å²) in [5, 5.41) is 9.52. The quantitative estimate of drug-likeness (QED) is 0.811. The van der Waals surface area contributed by atoms with Crippen LogP contribution in [0.5, 0.6) is 5.75 Å². The van der Waals surface area contributed by atoms with Crippen LogP contribution in [0.25, 0.3) is 0 Å². The lowest BCUT2D eigenvalue weighted by molar-refractivity contribution is 0.0773. The van der Waals surface area contributed by atoms with Gasteiger partial charge in [-0.1, -0.05) is 12.8 Å². The van der Waals surface area contributed by atoms with Crippen molar-refractivity contribution >= 4 is 5.91 Å². The molecule has 17 heavy (non-hydrogen) atoms. The summed E-state index contributed by atoms with van der Waals surface area (Å²) in [4.78, 5) is 13.4. The number of aromatic hydroxyl groups is 1. The van der Waals surface area contributed by atoms with Gasteiger partial charge in [0.15, 0.2) is 0 Å². The molecule has 1 aromatic rings. The number of rotatable bonds is 4. The van der Waals surface area contributed by atoms with Crippen molar-refractivity contribution in [1.82, 2.24) is 4.90 Å². The fraction of sp³-hybridized carbons (Fsp3) is 0.308. The summed E-state index contributed by atoms with van der Waals surface area (Å²) < 4.78 is 13.0. The molecule has 1 amide bonds. The monoisotopic (exact) mass is 235 g/mol. The van der Waals surface area contributed by atoms with Crippen molar-refractivity contribution in [2.75, 3.05) is 13.1 Å².